The Morgan fingerprint density at radius 1 is 1.06 bits per heavy atom. The van der Waals surface area contributed by atoms with Crippen LogP contribution in [0.4, 0.5) is 4.79 Å². The molecule has 2 rings (SSSR count). The van der Waals surface area contributed by atoms with Crippen LogP contribution in [-0.2, 0) is 11.3 Å². The molecule has 0 aliphatic rings. The highest BCUT2D eigenvalue weighted by Crippen LogP contribution is 2.34. The van der Waals surface area contributed by atoms with Crippen LogP contribution in [0.5, 0.6) is 17.2 Å². The molecule has 0 heterocycles. The molecule has 8 heteroatoms. The molecule has 0 aromatic heterocycles. The molecule has 0 saturated heterocycles. The standard InChI is InChI=1S/C25H34N2O6/c1-5-19(22-11-10-21(31-3)14-23(22)32-4)12-13-27(25(26)30)15-18-6-8-20(9-7-18)33-16-17(2)24(28)29/h6-11,14,17,19H,5,12-13,15-16H2,1-4H3,(H2,26,30)(H,28,29). The van der Waals surface area contributed by atoms with E-state index in [1.165, 1.54) is 0 Å². The van der Waals surface area contributed by atoms with Crippen molar-refractivity contribution in [3.05, 3.63) is 53.6 Å². The van der Waals surface area contributed by atoms with Gasteiger partial charge in [-0.2, -0.15) is 0 Å². The minimum atomic E-state index is -0.902. The number of nitrogens with zero attached hydrogens (tertiary/aromatic N) is 1. The van der Waals surface area contributed by atoms with E-state index in [1.807, 2.05) is 30.3 Å². The summed E-state index contributed by atoms with van der Waals surface area (Å²) >= 11 is 0. The summed E-state index contributed by atoms with van der Waals surface area (Å²) in [4.78, 5) is 24.6. The number of methoxy groups -OCH3 is 2. The molecule has 8 nitrogen and oxygen atoms in total. The van der Waals surface area contributed by atoms with Crippen molar-refractivity contribution in [2.24, 2.45) is 11.7 Å². The van der Waals surface area contributed by atoms with Crippen LogP contribution in [0.3, 0.4) is 0 Å². The summed E-state index contributed by atoms with van der Waals surface area (Å²) in [6.45, 7) is 4.66. The van der Waals surface area contributed by atoms with Gasteiger partial charge in [-0.25, -0.2) is 4.79 Å². The lowest BCUT2D eigenvalue weighted by molar-refractivity contribution is -0.142. The Balaban J connectivity index is 2.01. The van der Waals surface area contributed by atoms with Gasteiger partial charge in [-0.1, -0.05) is 25.1 Å². The Morgan fingerprint density at radius 3 is 2.27 bits per heavy atom. The van der Waals surface area contributed by atoms with Gasteiger partial charge in [0.05, 0.1) is 20.1 Å². The average molecular weight is 459 g/mol. The Morgan fingerprint density at radius 2 is 1.73 bits per heavy atom. The fourth-order valence-corrected chi connectivity index (χ4v) is 3.52. The zero-order valence-corrected chi connectivity index (χ0v) is 19.7. The minimum Gasteiger partial charge on any atom is -0.497 e. The molecule has 3 N–H and O–H groups in total. The maximum absolute atomic E-state index is 12.1. The van der Waals surface area contributed by atoms with E-state index in [0.29, 0.717) is 18.8 Å². The lowest BCUT2D eigenvalue weighted by atomic mass is 9.92. The maximum Gasteiger partial charge on any atom is 0.315 e. The molecule has 2 atom stereocenters. The average Bonchev–Trinajstić information content (AvgIpc) is 2.82. The molecule has 0 saturated carbocycles. The van der Waals surface area contributed by atoms with Gasteiger partial charge in [0.15, 0.2) is 0 Å². The number of amides is 2. The lowest BCUT2D eigenvalue weighted by Gasteiger charge is -2.25. The van der Waals surface area contributed by atoms with Gasteiger partial charge in [-0.05, 0) is 55.0 Å². The molecule has 180 valence electrons. The van der Waals surface area contributed by atoms with Crippen LogP contribution in [0, 0.1) is 5.92 Å². The van der Waals surface area contributed by atoms with Gasteiger partial charge in [0, 0.05) is 19.2 Å². The number of rotatable bonds is 13. The fourth-order valence-electron chi connectivity index (χ4n) is 3.52. The van der Waals surface area contributed by atoms with E-state index < -0.39 is 17.9 Å². The van der Waals surface area contributed by atoms with Crippen molar-refractivity contribution in [1.82, 2.24) is 4.90 Å². The summed E-state index contributed by atoms with van der Waals surface area (Å²) in [5.74, 6) is 0.774. The van der Waals surface area contributed by atoms with Crippen molar-refractivity contribution in [2.75, 3.05) is 27.4 Å². The van der Waals surface area contributed by atoms with E-state index in [4.69, 9.17) is 25.1 Å². The number of hydrogen-bond acceptors (Lipinski definition) is 5. The quantitative estimate of drug-likeness (QED) is 0.464. The topological polar surface area (TPSA) is 111 Å². The van der Waals surface area contributed by atoms with Crippen LogP contribution in [0.15, 0.2) is 42.5 Å². The third-order valence-corrected chi connectivity index (χ3v) is 5.65. The summed E-state index contributed by atoms with van der Waals surface area (Å²) in [6, 6.07) is 12.5. The van der Waals surface area contributed by atoms with Crippen molar-refractivity contribution in [3.8, 4) is 17.2 Å². The summed E-state index contributed by atoms with van der Waals surface area (Å²) in [5, 5.41) is 8.95. The van der Waals surface area contributed by atoms with Crippen LogP contribution in [0.2, 0.25) is 0 Å². The number of aliphatic carboxylic acids is 1. The summed E-state index contributed by atoms with van der Waals surface area (Å²) in [5.41, 5.74) is 7.63. The SMILES string of the molecule is CCC(CCN(Cc1ccc(OCC(C)C(=O)O)cc1)C(N)=O)c1ccc(OC)cc1OC. The largest absolute Gasteiger partial charge is 0.497 e. The van der Waals surface area contributed by atoms with E-state index in [-0.39, 0.29) is 12.5 Å². The molecule has 2 aromatic rings. The second kappa shape index (κ2) is 12.6. The van der Waals surface area contributed by atoms with Crippen LogP contribution >= 0.6 is 0 Å². The number of hydrogen-bond donors (Lipinski definition) is 2. The molecule has 0 aliphatic heterocycles. The molecular weight excluding hydrogens is 424 g/mol. The number of nitrogens with two attached hydrogens (primary N) is 1. The Bertz CT molecular complexity index is 916. The van der Waals surface area contributed by atoms with Gasteiger partial charge in [0.2, 0.25) is 0 Å². The van der Waals surface area contributed by atoms with E-state index in [9.17, 15) is 9.59 Å². The highest BCUT2D eigenvalue weighted by molar-refractivity contribution is 5.72. The number of urea groups is 1. The Kier molecular flexibility index (Phi) is 9.84. The Hall–Kier alpha value is -3.42. The van der Waals surface area contributed by atoms with Crippen LogP contribution < -0.4 is 19.9 Å². The molecule has 2 aromatic carbocycles. The number of carbonyl (C=O) groups excluding carboxylic acids is 1. The second-order valence-electron chi connectivity index (χ2n) is 7.96. The predicted octanol–water partition coefficient (Wildman–Crippen LogP) is 4.27. The Labute approximate surface area is 195 Å². The zero-order valence-electron chi connectivity index (χ0n) is 19.7. The molecule has 0 aliphatic carbocycles. The van der Waals surface area contributed by atoms with E-state index >= 15 is 0 Å². The highest BCUT2D eigenvalue weighted by atomic mass is 16.5. The van der Waals surface area contributed by atoms with Crippen molar-refractivity contribution in [2.45, 2.75) is 39.2 Å². The number of ether oxygens (including phenoxy) is 3. The zero-order chi connectivity index (χ0) is 24.4. The molecule has 0 spiro atoms. The summed E-state index contributed by atoms with van der Waals surface area (Å²) in [7, 11) is 3.25. The van der Waals surface area contributed by atoms with E-state index in [1.54, 1.807) is 38.2 Å². The number of carboxylic acids is 1. The first-order chi connectivity index (χ1) is 15.8. The molecule has 0 radical (unpaired) electrons. The first-order valence-electron chi connectivity index (χ1n) is 11.0. The monoisotopic (exact) mass is 458 g/mol. The van der Waals surface area contributed by atoms with Gasteiger partial charge in [0.25, 0.3) is 0 Å². The molecule has 33 heavy (non-hydrogen) atoms. The molecular formula is C25H34N2O6. The molecule has 0 fully saturated rings. The van der Waals surface area contributed by atoms with Gasteiger partial charge in [-0.3, -0.25) is 4.79 Å². The fraction of sp³-hybridized carbons (Fsp3) is 0.440. The maximum atomic E-state index is 12.1. The first kappa shape index (κ1) is 25.8. The van der Waals surface area contributed by atoms with Crippen molar-refractivity contribution >= 4 is 12.0 Å². The van der Waals surface area contributed by atoms with Gasteiger partial charge in [-0.15, -0.1) is 0 Å². The predicted molar refractivity (Wildman–Crippen MR) is 126 cm³/mol. The van der Waals surface area contributed by atoms with Crippen molar-refractivity contribution in [1.29, 1.82) is 0 Å². The van der Waals surface area contributed by atoms with Crippen LogP contribution in [-0.4, -0.2) is 49.4 Å². The molecule has 2 unspecified atom stereocenters. The highest BCUT2D eigenvalue weighted by Gasteiger charge is 2.19. The lowest BCUT2D eigenvalue weighted by Crippen LogP contribution is -2.36. The van der Waals surface area contributed by atoms with Crippen molar-refractivity contribution in [3.63, 3.8) is 0 Å². The minimum absolute atomic E-state index is 0.0926. The smallest absolute Gasteiger partial charge is 0.315 e. The number of carbonyl (C=O) groups is 2. The van der Waals surface area contributed by atoms with E-state index in [0.717, 1.165) is 35.5 Å². The van der Waals surface area contributed by atoms with E-state index in [2.05, 4.69) is 6.92 Å². The first-order valence-corrected chi connectivity index (χ1v) is 11.0. The van der Waals surface area contributed by atoms with Crippen LogP contribution in [0.1, 0.15) is 43.7 Å². The van der Waals surface area contributed by atoms with Gasteiger partial charge >= 0.3 is 12.0 Å². The molecule has 0 bridgehead atoms. The third kappa shape index (κ3) is 7.59. The molecule has 2 amide bonds. The number of carboxylic acid groups (broad SMARTS) is 1. The summed E-state index contributed by atoms with van der Waals surface area (Å²) in [6.07, 6.45) is 1.62. The second-order valence-corrected chi connectivity index (χ2v) is 7.96. The third-order valence-electron chi connectivity index (χ3n) is 5.65. The number of benzene rings is 2. The summed E-state index contributed by atoms with van der Waals surface area (Å²) < 4.78 is 16.3. The van der Waals surface area contributed by atoms with Gasteiger partial charge in [0.1, 0.15) is 23.9 Å². The normalized spacial score (nSPS) is 12.5. The number of primary amides is 1. The van der Waals surface area contributed by atoms with Gasteiger partial charge < -0.3 is 30.0 Å². The van der Waals surface area contributed by atoms with Crippen LogP contribution in [0.25, 0.3) is 0 Å². The van der Waals surface area contributed by atoms with Crippen molar-refractivity contribution < 1.29 is 28.9 Å².